The summed E-state index contributed by atoms with van der Waals surface area (Å²) >= 11 is 3.34. The Balaban J connectivity index is 1.51. The zero-order valence-electron chi connectivity index (χ0n) is 17.4. The van der Waals surface area contributed by atoms with E-state index in [9.17, 15) is 9.59 Å². The summed E-state index contributed by atoms with van der Waals surface area (Å²) in [5.41, 5.74) is 1.63. The lowest BCUT2D eigenvalue weighted by Crippen LogP contribution is -2.11. The van der Waals surface area contributed by atoms with Crippen LogP contribution in [-0.2, 0) is 0 Å². The number of carbonyl (C=O) groups excluding carboxylic acids is 2. The molecule has 0 saturated heterocycles. The second-order valence-electron chi connectivity index (χ2n) is 6.90. The molecule has 0 spiro atoms. The molecule has 7 heteroatoms. The maximum Gasteiger partial charge on any atom is 0.231 e. The molecule has 3 aromatic carbocycles. The maximum atomic E-state index is 12.8. The van der Waals surface area contributed by atoms with Crippen molar-refractivity contribution in [2.24, 2.45) is 0 Å². The first kappa shape index (κ1) is 21.6. The molecule has 3 aromatic rings. The number of methoxy groups -OCH3 is 2. The lowest BCUT2D eigenvalue weighted by Gasteiger charge is -2.10. The fraction of sp³-hybridized carbons (Fsp3) is 0.120. The van der Waals surface area contributed by atoms with E-state index in [1.165, 1.54) is 7.11 Å². The minimum absolute atomic E-state index is 0.127. The fourth-order valence-electron chi connectivity index (χ4n) is 3.29. The van der Waals surface area contributed by atoms with Gasteiger partial charge in [-0.2, -0.15) is 0 Å². The van der Waals surface area contributed by atoms with Crippen LogP contribution in [-0.4, -0.2) is 32.4 Å². The van der Waals surface area contributed by atoms with Gasteiger partial charge in [0.1, 0.15) is 11.5 Å². The van der Waals surface area contributed by atoms with E-state index in [4.69, 9.17) is 18.9 Å². The quantitative estimate of drug-likeness (QED) is 0.326. The standard InChI is InChI=1S/C25H19BrO6/c1-29-21-5-3-4-16(25(21)30-2)12-23-24(28)19-11-10-18(13-22(19)32-23)31-14-20(27)15-6-8-17(26)9-7-15/h3-13H,14H2,1-2H3/b23-12-. The Bertz CT molecular complexity index is 1210. The van der Waals surface area contributed by atoms with Crippen LogP contribution < -0.4 is 18.9 Å². The normalized spacial score (nSPS) is 13.5. The SMILES string of the molecule is COc1cccc(/C=C2\Oc3cc(OCC(=O)c4ccc(Br)cc4)ccc3C2=O)c1OC. The predicted octanol–water partition coefficient (Wildman–Crippen LogP) is 5.34. The molecule has 0 N–H and O–H groups in total. The van der Waals surface area contributed by atoms with Crippen LogP contribution in [0, 0.1) is 0 Å². The zero-order valence-corrected chi connectivity index (χ0v) is 19.0. The van der Waals surface area contributed by atoms with Gasteiger partial charge in [0, 0.05) is 21.7 Å². The molecule has 0 amide bonds. The maximum absolute atomic E-state index is 12.8. The number of hydrogen-bond acceptors (Lipinski definition) is 6. The van der Waals surface area contributed by atoms with Crippen molar-refractivity contribution in [1.29, 1.82) is 0 Å². The van der Waals surface area contributed by atoms with Gasteiger partial charge in [-0.15, -0.1) is 0 Å². The number of carbonyl (C=O) groups is 2. The number of ether oxygens (including phenoxy) is 4. The Morgan fingerprint density at radius 2 is 1.81 bits per heavy atom. The molecule has 0 radical (unpaired) electrons. The van der Waals surface area contributed by atoms with Gasteiger partial charge in [-0.3, -0.25) is 9.59 Å². The molecule has 0 atom stereocenters. The molecule has 0 bridgehead atoms. The van der Waals surface area contributed by atoms with Crippen molar-refractivity contribution in [2.75, 3.05) is 20.8 Å². The van der Waals surface area contributed by atoms with E-state index < -0.39 is 0 Å². The monoisotopic (exact) mass is 494 g/mol. The topological polar surface area (TPSA) is 71.1 Å². The first-order valence-electron chi connectivity index (χ1n) is 9.71. The average molecular weight is 495 g/mol. The van der Waals surface area contributed by atoms with E-state index >= 15 is 0 Å². The summed E-state index contributed by atoms with van der Waals surface area (Å²) in [6.45, 7) is -0.127. The first-order chi connectivity index (χ1) is 15.5. The van der Waals surface area contributed by atoms with Gasteiger partial charge in [0.2, 0.25) is 5.78 Å². The molecule has 1 aliphatic heterocycles. The molecule has 162 valence electrons. The van der Waals surface area contributed by atoms with Gasteiger partial charge in [0.05, 0.1) is 19.8 Å². The summed E-state index contributed by atoms with van der Waals surface area (Å²) in [6.07, 6.45) is 1.61. The summed E-state index contributed by atoms with van der Waals surface area (Å²) in [5, 5.41) is 0. The van der Waals surface area contributed by atoms with Crippen LogP contribution >= 0.6 is 15.9 Å². The molecule has 32 heavy (non-hydrogen) atoms. The lowest BCUT2D eigenvalue weighted by molar-refractivity contribution is 0.0921. The Kier molecular flexibility index (Phi) is 6.28. The van der Waals surface area contributed by atoms with Crippen molar-refractivity contribution in [1.82, 2.24) is 0 Å². The third-order valence-corrected chi connectivity index (χ3v) is 5.43. The molecule has 4 rings (SSSR count). The van der Waals surface area contributed by atoms with Crippen molar-refractivity contribution in [2.45, 2.75) is 0 Å². The molecular formula is C25H19BrO6. The highest BCUT2D eigenvalue weighted by Gasteiger charge is 2.28. The van der Waals surface area contributed by atoms with Crippen molar-refractivity contribution in [3.05, 3.63) is 87.6 Å². The molecule has 0 saturated carbocycles. The van der Waals surface area contributed by atoms with Crippen LogP contribution in [0.2, 0.25) is 0 Å². The van der Waals surface area contributed by atoms with Crippen LogP contribution in [0.15, 0.2) is 70.9 Å². The predicted molar refractivity (Wildman–Crippen MR) is 123 cm³/mol. The van der Waals surface area contributed by atoms with Crippen LogP contribution in [0.25, 0.3) is 6.08 Å². The van der Waals surface area contributed by atoms with E-state index in [1.54, 1.807) is 73.8 Å². The second-order valence-corrected chi connectivity index (χ2v) is 7.81. The molecule has 0 aliphatic carbocycles. The summed E-state index contributed by atoms with van der Waals surface area (Å²) < 4.78 is 23.0. The molecule has 6 nitrogen and oxygen atoms in total. The van der Waals surface area contributed by atoms with Crippen LogP contribution in [0.3, 0.4) is 0 Å². The second kappa shape index (κ2) is 9.28. The number of benzene rings is 3. The van der Waals surface area contributed by atoms with Gasteiger partial charge in [-0.05, 0) is 36.4 Å². The lowest BCUT2D eigenvalue weighted by atomic mass is 10.1. The summed E-state index contributed by atoms with van der Waals surface area (Å²) in [7, 11) is 3.08. The number of ketones is 2. The molecule has 0 unspecified atom stereocenters. The minimum Gasteiger partial charge on any atom is -0.493 e. The summed E-state index contributed by atoms with van der Waals surface area (Å²) in [4.78, 5) is 25.1. The Morgan fingerprint density at radius 3 is 2.53 bits per heavy atom. The Hall–Kier alpha value is -3.58. The number of hydrogen-bond donors (Lipinski definition) is 0. The van der Waals surface area contributed by atoms with Crippen molar-refractivity contribution < 1.29 is 28.5 Å². The van der Waals surface area contributed by atoms with Crippen molar-refractivity contribution in [3.8, 4) is 23.0 Å². The summed E-state index contributed by atoms with van der Waals surface area (Å²) in [5.74, 6) is 1.62. The van der Waals surface area contributed by atoms with Gasteiger partial charge in [-0.1, -0.05) is 40.2 Å². The summed E-state index contributed by atoms with van der Waals surface area (Å²) in [6, 6.07) is 17.3. The van der Waals surface area contributed by atoms with Gasteiger partial charge in [0.15, 0.2) is 29.6 Å². The highest BCUT2D eigenvalue weighted by atomic mass is 79.9. The van der Waals surface area contributed by atoms with Crippen molar-refractivity contribution in [3.63, 3.8) is 0 Å². The van der Waals surface area contributed by atoms with Crippen molar-refractivity contribution >= 4 is 33.6 Å². The van der Waals surface area contributed by atoms with Crippen LogP contribution in [0.5, 0.6) is 23.0 Å². The van der Waals surface area contributed by atoms with E-state index in [0.717, 1.165) is 4.47 Å². The first-order valence-corrected chi connectivity index (χ1v) is 10.5. The van der Waals surface area contributed by atoms with Gasteiger partial charge >= 0.3 is 0 Å². The molecule has 0 aromatic heterocycles. The van der Waals surface area contributed by atoms with Crippen LogP contribution in [0.4, 0.5) is 0 Å². The van der Waals surface area contributed by atoms with Crippen LogP contribution in [0.1, 0.15) is 26.3 Å². The highest BCUT2D eigenvalue weighted by Crippen LogP contribution is 2.37. The largest absolute Gasteiger partial charge is 0.493 e. The van der Waals surface area contributed by atoms with E-state index in [0.29, 0.717) is 39.7 Å². The number of Topliss-reactive ketones (excluding diaryl/α,β-unsaturated/α-hetero) is 2. The smallest absolute Gasteiger partial charge is 0.231 e. The number of allylic oxidation sites excluding steroid dienone is 1. The van der Waals surface area contributed by atoms with E-state index in [2.05, 4.69) is 15.9 Å². The number of halogens is 1. The zero-order chi connectivity index (χ0) is 22.7. The Labute approximate surface area is 193 Å². The molecule has 1 heterocycles. The number of rotatable bonds is 7. The Morgan fingerprint density at radius 1 is 1.03 bits per heavy atom. The number of para-hydroxylation sites is 1. The van der Waals surface area contributed by atoms with Gasteiger partial charge in [-0.25, -0.2) is 0 Å². The fourth-order valence-corrected chi connectivity index (χ4v) is 3.56. The van der Waals surface area contributed by atoms with E-state index in [-0.39, 0.29) is 23.9 Å². The van der Waals surface area contributed by atoms with Gasteiger partial charge < -0.3 is 18.9 Å². The third kappa shape index (κ3) is 4.38. The van der Waals surface area contributed by atoms with E-state index in [1.807, 2.05) is 0 Å². The molecular weight excluding hydrogens is 476 g/mol. The minimum atomic E-state index is -0.248. The average Bonchev–Trinajstić information content (AvgIpc) is 3.12. The number of fused-ring (bicyclic) bond motifs is 1. The molecule has 1 aliphatic rings. The molecule has 0 fully saturated rings. The highest BCUT2D eigenvalue weighted by molar-refractivity contribution is 9.10. The van der Waals surface area contributed by atoms with Gasteiger partial charge in [0.25, 0.3) is 0 Å². The third-order valence-electron chi connectivity index (χ3n) is 4.90.